The van der Waals surface area contributed by atoms with E-state index in [0.29, 0.717) is 18.1 Å². The van der Waals surface area contributed by atoms with Crippen LogP contribution in [0.15, 0.2) is 6.07 Å². The summed E-state index contributed by atoms with van der Waals surface area (Å²) in [5.74, 6) is 0.205. The van der Waals surface area contributed by atoms with Crippen LogP contribution in [0.3, 0.4) is 0 Å². The van der Waals surface area contributed by atoms with Crippen molar-refractivity contribution in [2.75, 3.05) is 12.8 Å². The lowest BCUT2D eigenvalue weighted by Gasteiger charge is -2.00. The maximum absolute atomic E-state index is 11.2. The van der Waals surface area contributed by atoms with Crippen LogP contribution >= 0.6 is 12.4 Å². The first-order chi connectivity index (χ1) is 5.69. The van der Waals surface area contributed by atoms with Crippen LogP contribution in [0.25, 0.3) is 0 Å². The number of carbonyl (C=O) groups is 1. The third kappa shape index (κ3) is 2.35. The number of nitrogens with two attached hydrogens (primary N) is 1. The average molecular weight is 205 g/mol. The van der Waals surface area contributed by atoms with Gasteiger partial charge in [0.1, 0.15) is 11.5 Å². The topological polar surface area (TPSA) is 72.9 Å². The van der Waals surface area contributed by atoms with Gasteiger partial charge in [0.05, 0.1) is 0 Å². The number of hydrogen-bond acceptors (Lipinski definition) is 3. The second-order valence-electron chi connectivity index (χ2n) is 2.35. The van der Waals surface area contributed by atoms with Crippen molar-refractivity contribution in [3.05, 3.63) is 11.8 Å². The second kappa shape index (κ2) is 4.71. The molecule has 0 unspecified atom stereocenters. The molecule has 1 amide bonds. The van der Waals surface area contributed by atoms with Crippen molar-refractivity contribution in [1.82, 2.24) is 15.1 Å². The average Bonchev–Trinajstić information content (AvgIpc) is 2.45. The molecule has 74 valence electrons. The minimum absolute atomic E-state index is 0. The number of nitrogens with zero attached hydrogens (tertiary/aromatic N) is 2. The lowest BCUT2D eigenvalue weighted by atomic mass is 10.4. The molecule has 0 radical (unpaired) electrons. The van der Waals surface area contributed by atoms with Crippen LogP contribution in [0, 0.1) is 0 Å². The zero-order chi connectivity index (χ0) is 9.14. The number of halogens is 1. The standard InChI is InChI=1S/C7H12N4O.ClH/c1-3-11-5(7(12)9-2)4-6(8)10-11;/h4H,3H2,1-2H3,(H2,8,10)(H,9,12);1H. The van der Waals surface area contributed by atoms with Crippen LogP contribution in [0.5, 0.6) is 0 Å². The van der Waals surface area contributed by atoms with E-state index < -0.39 is 0 Å². The molecule has 1 aromatic heterocycles. The van der Waals surface area contributed by atoms with Crippen LogP contribution in [0.2, 0.25) is 0 Å². The fourth-order valence-corrected chi connectivity index (χ4v) is 0.989. The van der Waals surface area contributed by atoms with E-state index in [1.54, 1.807) is 17.8 Å². The van der Waals surface area contributed by atoms with E-state index in [-0.39, 0.29) is 18.3 Å². The fraction of sp³-hybridized carbons (Fsp3) is 0.429. The first-order valence-corrected chi connectivity index (χ1v) is 3.74. The summed E-state index contributed by atoms with van der Waals surface area (Å²) in [6, 6.07) is 1.56. The molecule has 0 saturated carbocycles. The molecule has 0 aliphatic carbocycles. The van der Waals surface area contributed by atoms with Gasteiger partial charge in [-0.15, -0.1) is 12.4 Å². The molecule has 1 aromatic rings. The van der Waals surface area contributed by atoms with Crippen molar-refractivity contribution in [2.24, 2.45) is 0 Å². The van der Waals surface area contributed by atoms with Gasteiger partial charge in [-0.25, -0.2) is 0 Å². The van der Waals surface area contributed by atoms with Gasteiger partial charge < -0.3 is 11.1 Å². The molecular weight excluding hydrogens is 192 g/mol. The first kappa shape index (κ1) is 11.8. The van der Waals surface area contributed by atoms with E-state index in [4.69, 9.17) is 5.73 Å². The van der Waals surface area contributed by atoms with Crippen LogP contribution in [-0.4, -0.2) is 22.7 Å². The number of nitrogen functional groups attached to an aromatic ring is 1. The Kier molecular flexibility index (Phi) is 4.27. The summed E-state index contributed by atoms with van der Waals surface area (Å²) in [5, 5.41) is 6.45. The molecule has 6 heteroatoms. The van der Waals surface area contributed by atoms with Gasteiger partial charge in [0.25, 0.3) is 5.91 Å². The second-order valence-corrected chi connectivity index (χ2v) is 2.35. The summed E-state index contributed by atoms with van der Waals surface area (Å²) in [7, 11) is 1.57. The molecule has 3 N–H and O–H groups in total. The summed E-state index contributed by atoms with van der Waals surface area (Å²) < 4.78 is 1.56. The van der Waals surface area contributed by atoms with Crippen molar-refractivity contribution in [3.8, 4) is 0 Å². The zero-order valence-electron chi connectivity index (χ0n) is 7.57. The van der Waals surface area contributed by atoms with E-state index in [0.717, 1.165) is 0 Å². The maximum Gasteiger partial charge on any atom is 0.269 e. The Morgan fingerprint density at radius 2 is 2.38 bits per heavy atom. The SMILES string of the molecule is CCn1nc(N)cc1C(=O)NC.Cl. The Balaban J connectivity index is 0.00000144. The van der Waals surface area contributed by atoms with E-state index in [2.05, 4.69) is 10.4 Å². The van der Waals surface area contributed by atoms with Crippen LogP contribution in [0.1, 0.15) is 17.4 Å². The third-order valence-corrected chi connectivity index (χ3v) is 1.56. The van der Waals surface area contributed by atoms with Gasteiger partial charge in [0, 0.05) is 19.7 Å². The smallest absolute Gasteiger partial charge is 0.269 e. The fourth-order valence-electron chi connectivity index (χ4n) is 0.989. The van der Waals surface area contributed by atoms with Crippen LogP contribution < -0.4 is 11.1 Å². The highest BCUT2D eigenvalue weighted by atomic mass is 35.5. The van der Waals surface area contributed by atoms with Gasteiger partial charge in [0.15, 0.2) is 0 Å². The van der Waals surface area contributed by atoms with E-state index >= 15 is 0 Å². The lowest BCUT2D eigenvalue weighted by Crippen LogP contribution is -2.21. The highest BCUT2D eigenvalue weighted by molar-refractivity contribution is 5.93. The molecule has 0 aliphatic heterocycles. The number of carbonyl (C=O) groups excluding carboxylic acids is 1. The number of aromatic nitrogens is 2. The van der Waals surface area contributed by atoms with Crippen molar-refractivity contribution >= 4 is 24.1 Å². The van der Waals surface area contributed by atoms with Crippen LogP contribution in [-0.2, 0) is 6.54 Å². The number of aryl methyl sites for hydroxylation is 1. The summed E-state index contributed by atoms with van der Waals surface area (Å²) in [6.07, 6.45) is 0. The van der Waals surface area contributed by atoms with E-state index in [1.807, 2.05) is 6.92 Å². The Bertz CT molecular complexity index is 297. The van der Waals surface area contributed by atoms with Gasteiger partial charge >= 0.3 is 0 Å². The van der Waals surface area contributed by atoms with Crippen molar-refractivity contribution in [2.45, 2.75) is 13.5 Å². The number of hydrogen-bond donors (Lipinski definition) is 2. The molecule has 5 nitrogen and oxygen atoms in total. The van der Waals surface area contributed by atoms with E-state index in [9.17, 15) is 4.79 Å². The quantitative estimate of drug-likeness (QED) is 0.726. The molecule has 0 saturated heterocycles. The van der Waals surface area contributed by atoms with E-state index in [1.165, 1.54) is 0 Å². The lowest BCUT2D eigenvalue weighted by molar-refractivity contribution is 0.0952. The third-order valence-electron chi connectivity index (χ3n) is 1.56. The molecule has 0 bridgehead atoms. The molecule has 1 rings (SSSR count). The minimum atomic E-state index is -0.166. The van der Waals surface area contributed by atoms with Crippen molar-refractivity contribution < 1.29 is 4.79 Å². The Morgan fingerprint density at radius 3 is 2.85 bits per heavy atom. The summed E-state index contributed by atoms with van der Waals surface area (Å²) >= 11 is 0. The molecule has 0 aromatic carbocycles. The normalized spacial score (nSPS) is 9.08. The van der Waals surface area contributed by atoms with Gasteiger partial charge in [-0.05, 0) is 6.92 Å². The molecule has 0 fully saturated rings. The first-order valence-electron chi connectivity index (χ1n) is 3.74. The van der Waals surface area contributed by atoms with Gasteiger partial charge in [-0.3, -0.25) is 9.48 Å². The zero-order valence-corrected chi connectivity index (χ0v) is 8.39. The minimum Gasteiger partial charge on any atom is -0.382 e. The number of anilines is 1. The van der Waals surface area contributed by atoms with Crippen molar-refractivity contribution in [3.63, 3.8) is 0 Å². The summed E-state index contributed by atoms with van der Waals surface area (Å²) in [5.41, 5.74) is 5.93. The molecule has 13 heavy (non-hydrogen) atoms. The number of amides is 1. The predicted octanol–water partition coefficient (Wildman–Crippen LogP) is 0.267. The molecule has 0 atom stereocenters. The molecule has 1 heterocycles. The van der Waals surface area contributed by atoms with Gasteiger partial charge in [-0.1, -0.05) is 0 Å². The molecular formula is C7H13ClN4O. The monoisotopic (exact) mass is 204 g/mol. The Morgan fingerprint density at radius 1 is 1.77 bits per heavy atom. The van der Waals surface area contributed by atoms with Gasteiger partial charge in [0.2, 0.25) is 0 Å². The summed E-state index contributed by atoms with van der Waals surface area (Å²) in [4.78, 5) is 11.2. The highest BCUT2D eigenvalue weighted by Gasteiger charge is 2.10. The van der Waals surface area contributed by atoms with Crippen LogP contribution in [0.4, 0.5) is 5.82 Å². The number of nitrogens with one attached hydrogen (secondary N) is 1. The number of rotatable bonds is 2. The molecule has 0 aliphatic rings. The largest absolute Gasteiger partial charge is 0.382 e. The maximum atomic E-state index is 11.2. The Hall–Kier alpha value is -1.23. The van der Waals surface area contributed by atoms with Crippen molar-refractivity contribution in [1.29, 1.82) is 0 Å². The molecule has 0 spiro atoms. The predicted molar refractivity (Wildman–Crippen MR) is 53.0 cm³/mol. The summed E-state index contributed by atoms with van der Waals surface area (Å²) in [6.45, 7) is 2.54. The Labute approximate surface area is 82.7 Å². The highest BCUT2D eigenvalue weighted by Crippen LogP contribution is 2.05. The van der Waals surface area contributed by atoms with Gasteiger partial charge in [-0.2, -0.15) is 5.10 Å².